The largest absolute Gasteiger partial charge is 0.378 e. The number of benzene rings is 2. The van der Waals surface area contributed by atoms with Crippen molar-refractivity contribution in [1.82, 2.24) is 0 Å². The lowest BCUT2D eigenvalue weighted by molar-refractivity contribution is 0.320. The Balaban J connectivity index is 1.78. The van der Waals surface area contributed by atoms with Crippen molar-refractivity contribution in [3.05, 3.63) is 86.6 Å². The van der Waals surface area contributed by atoms with Gasteiger partial charge in [0.05, 0.1) is 6.04 Å². The molecule has 24 heavy (non-hydrogen) atoms. The van der Waals surface area contributed by atoms with Crippen LogP contribution in [-0.4, -0.2) is 0 Å². The molecule has 5 rings (SSSR count). The standard InChI is InChI=1S/C21H18ClNS/c1-21-16-5-3-2-4-13(16)10-18(21)20(14-8-9-24-12-14)23-19-7-6-15(22)11-17(19)21/h2-9,11-12,18,20,23H,10H2,1H3/t18-,20+,21+/m0/s1. The van der Waals surface area contributed by atoms with Crippen LogP contribution in [0.25, 0.3) is 0 Å². The summed E-state index contributed by atoms with van der Waals surface area (Å²) in [5.41, 5.74) is 6.86. The highest BCUT2D eigenvalue weighted by Gasteiger charge is 2.51. The van der Waals surface area contributed by atoms with Crippen LogP contribution in [0.15, 0.2) is 59.3 Å². The molecular weight excluding hydrogens is 334 g/mol. The third-order valence-electron chi connectivity index (χ3n) is 5.92. The van der Waals surface area contributed by atoms with Gasteiger partial charge in [0.2, 0.25) is 0 Å². The van der Waals surface area contributed by atoms with Crippen molar-refractivity contribution in [2.75, 3.05) is 5.32 Å². The van der Waals surface area contributed by atoms with Crippen LogP contribution in [0.4, 0.5) is 5.69 Å². The quantitative estimate of drug-likeness (QED) is 0.563. The number of thiophene rings is 1. The summed E-state index contributed by atoms with van der Waals surface area (Å²) in [6, 6.07) is 17.8. The second kappa shape index (κ2) is 5.11. The van der Waals surface area contributed by atoms with E-state index in [2.05, 4.69) is 65.5 Å². The average Bonchev–Trinajstić information content (AvgIpc) is 3.22. The Morgan fingerprint density at radius 2 is 2.00 bits per heavy atom. The molecule has 2 aromatic carbocycles. The van der Waals surface area contributed by atoms with Gasteiger partial charge < -0.3 is 5.32 Å². The molecule has 1 aliphatic heterocycles. The minimum atomic E-state index is -0.00528. The molecule has 1 aromatic heterocycles. The Bertz CT molecular complexity index is 917. The monoisotopic (exact) mass is 351 g/mol. The molecule has 1 aliphatic carbocycles. The lowest BCUT2D eigenvalue weighted by Crippen LogP contribution is -2.41. The molecule has 3 aromatic rings. The number of rotatable bonds is 1. The summed E-state index contributed by atoms with van der Waals surface area (Å²) in [7, 11) is 0. The first-order chi connectivity index (χ1) is 11.7. The van der Waals surface area contributed by atoms with Gasteiger partial charge in [-0.25, -0.2) is 0 Å². The van der Waals surface area contributed by atoms with Gasteiger partial charge in [0.15, 0.2) is 0 Å². The third kappa shape index (κ3) is 1.87. The molecule has 2 heterocycles. The Kier molecular flexibility index (Phi) is 3.10. The molecular formula is C21H18ClNS. The van der Waals surface area contributed by atoms with Gasteiger partial charge in [-0.1, -0.05) is 42.8 Å². The predicted octanol–water partition coefficient (Wildman–Crippen LogP) is 6.05. The second-order valence-corrected chi connectivity index (χ2v) is 8.26. The van der Waals surface area contributed by atoms with E-state index in [0.29, 0.717) is 12.0 Å². The predicted molar refractivity (Wildman–Crippen MR) is 102 cm³/mol. The molecule has 0 spiro atoms. The highest BCUT2D eigenvalue weighted by Crippen LogP contribution is 2.58. The van der Waals surface area contributed by atoms with Crippen molar-refractivity contribution in [2.24, 2.45) is 5.92 Å². The molecule has 0 saturated heterocycles. The van der Waals surface area contributed by atoms with Gasteiger partial charge in [-0.15, -0.1) is 0 Å². The van der Waals surface area contributed by atoms with E-state index >= 15 is 0 Å². The molecule has 0 bridgehead atoms. The van der Waals surface area contributed by atoms with E-state index in [1.165, 1.54) is 27.9 Å². The normalized spacial score (nSPS) is 27.1. The van der Waals surface area contributed by atoms with Crippen molar-refractivity contribution in [1.29, 1.82) is 0 Å². The van der Waals surface area contributed by atoms with E-state index in [0.717, 1.165) is 11.4 Å². The van der Waals surface area contributed by atoms with Gasteiger partial charge in [0.1, 0.15) is 0 Å². The number of anilines is 1. The maximum atomic E-state index is 6.37. The van der Waals surface area contributed by atoms with E-state index in [4.69, 9.17) is 11.6 Å². The Labute approximate surface area is 151 Å². The Morgan fingerprint density at radius 3 is 2.83 bits per heavy atom. The van der Waals surface area contributed by atoms with Gasteiger partial charge >= 0.3 is 0 Å². The molecule has 3 atom stereocenters. The first-order valence-electron chi connectivity index (χ1n) is 8.35. The molecule has 1 nitrogen and oxygen atoms in total. The Hall–Kier alpha value is -1.77. The van der Waals surface area contributed by atoms with Gasteiger partial charge in [0.25, 0.3) is 0 Å². The fourth-order valence-corrected chi connectivity index (χ4v) is 5.62. The van der Waals surface area contributed by atoms with Gasteiger partial charge in [-0.2, -0.15) is 11.3 Å². The summed E-state index contributed by atoms with van der Waals surface area (Å²) in [5, 5.41) is 9.07. The first kappa shape index (κ1) is 14.6. The number of nitrogens with one attached hydrogen (secondary N) is 1. The zero-order valence-corrected chi connectivity index (χ0v) is 15.0. The lowest BCUT2D eigenvalue weighted by atomic mass is 9.65. The zero-order valence-electron chi connectivity index (χ0n) is 13.4. The molecule has 1 N–H and O–H groups in total. The zero-order chi connectivity index (χ0) is 16.3. The molecule has 0 fully saturated rings. The fraction of sp³-hybridized carbons (Fsp3) is 0.238. The summed E-state index contributed by atoms with van der Waals surface area (Å²) in [6.45, 7) is 2.40. The summed E-state index contributed by atoms with van der Waals surface area (Å²) < 4.78 is 0. The summed E-state index contributed by atoms with van der Waals surface area (Å²) in [6.07, 6.45) is 1.10. The summed E-state index contributed by atoms with van der Waals surface area (Å²) >= 11 is 8.14. The van der Waals surface area contributed by atoms with Crippen LogP contribution in [-0.2, 0) is 11.8 Å². The minimum absolute atomic E-state index is 0.00528. The Morgan fingerprint density at radius 1 is 1.12 bits per heavy atom. The average molecular weight is 352 g/mol. The van der Waals surface area contributed by atoms with Crippen LogP contribution in [0.3, 0.4) is 0 Å². The number of halogens is 1. The van der Waals surface area contributed by atoms with Gasteiger partial charge in [-0.05, 0) is 63.7 Å². The van der Waals surface area contributed by atoms with Crippen molar-refractivity contribution < 1.29 is 0 Å². The van der Waals surface area contributed by atoms with E-state index in [1.807, 2.05) is 6.07 Å². The van der Waals surface area contributed by atoms with Crippen LogP contribution in [0.1, 0.15) is 35.2 Å². The smallest absolute Gasteiger partial charge is 0.0565 e. The van der Waals surface area contributed by atoms with Gasteiger partial charge in [-0.3, -0.25) is 0 Å². The minimum Gasteiger partial charge on any atom is -0.378 e. The SMILES string of the molecule is C[C@]12c3ccccc3C[C@H]1[C@@H](c1ccsc1)Nc1ccc(Cl)cc12. The number of hydrogen-bond acceptors (Lipinski definition) is 2. The third-order valence-corrected chi connectivity index (χ3v) is 6.85. The molecule has 0 unspecified atom stereocenters. The highest BCUT2D eigenvalue weighted by molar-refractivity contribution is 7.08. The highest BCUT2D eigenvalue weighted by atomic mass is 35.5. The molecule has 0 saturated carbocycles. The van der Waals surface area contributed by atoms with Crippen LogP contribution in [0.2, 0.25) is 5.02 Å². The maximum absolute atomic E-state index is 6.37. The van der Waals surface area contributed by atoms with Crippen LogP contribution in [0.5, 0.6) is 0 Å². The van der Waals surface area contributed by atoms with Gasteiger partial charge in [0, 0.05) is 22.0 Å². The van der Waals surface area contributed by atoms with Crippen LogP contribution in [0, 0.1) is 5.92 Å². The maximum Gasteiger partial charge on any atom is 0.0565 e. The molecule has 0 amide bonds. The molecule has 120 valence electrons. The van der Waals surface area contributed by atoms with Crippen LogP contribution >= 0.6 is 22.9 Å². The van der Waals surface area contributed by atoms with E-state index in [1.54, 1.807) is 11.3 Å². The molecule has 2 aliphatic rings. The second-order valence-electron chi connectivity index (χ2n) is 7.04. The molecule has 3 heteroatoms. The topological polar surface area (TPSA) is 12.0 Å². The molecule has 0 radical (unpaired) electrons. The van der Waals surface area contributed by atoms with E-state index in [-0.39, 0.29) is 5.41 Å². The van der Waals surface area contributed by atoms with Crippen molar-refractivity contribution in [3.8, 4) is 0 Å². The van der Waals surface area contributed by atoms with E-state index < -0.39 is 0 Å². The fourth-order valence-electron chi connectivity index (χ4n) is 4.75. The lowest BCUT2D eigenvalue weighted by Gasteiger charge is -2.45. The number of fused-ring (bicyclic) bond motifs is 5. The summed E-state index contributed by atoms with van der Waals surface area (Å²) in [5.74, 6) is 0.496. The van der Waals surface area contributed by atoms with E-state index in [9.17, 15) is 0 Å². The van der Waals surface area contributed by atoms with Crippen molar-refractivity contribution >= 4 is 28.6 Å². The van der Waals surface area contributed by atoms with Crippen molar-refractivity contribution in [2.45, 2.75) is 24.8 Å². The van der Waals surface area contributed by atoms with Crippen molar-refractivity contribution in [3.63, 3.8) is 0 Å². The van der Waals surface area contributed by atoms with Crippen LogP contribution < -0.4 is 5.32 Å². The first-order valence-corrected chi connectivity index (χ1v) is 9.67. The summed E-state index contributed by atoms with van der Waals surface area (Å²) in [4.78, 5) is 0. The number of hydrogen-bond donors (Lipinski definition) is 1.